The molecule has 5 heterocycles. The van der Waals surface area contributed by atoms with Gasteiger partial charge in [0.05, 0.1) is 11.4 Å². The fraction of sp³-hybridized carbons (Fsp3) is 0.447. The van der Waals surface area contributed by atoms with Crippen LogP contribution in [-0.2, 0) is 27.0 Å². The van der Waals surface area contributed by atoms with E-state index in [0.29, 0.717) is 49.8 Å². The molecule has 1 aliphatic carbocycles. The molecule has 5 aliphatic heterocycles. The Morgan fingerprint density at radius 1 is 0.920 bits per heavy atom. The SMILES string of the molecule is NC(N)=N[C@@]1(CCCO)Oc2ccc(cc2)CC[C@@H](S(=O)(=O)O)C2C=C3C[C@@H](C[C@@H](CCCO)O[C@H]3c3ccc(O)cc3)[C@H]2c2ccc1cc2. The van der Waals surface area contributed by atoms with Crippen molar-refractivity contribution < 1.29 is 37.8 Å². The molecule has 6 bridgehead atoms. The molecule has 1 unspecified atom stereocenters. The van der Waals surface area contributed by atoms with Crippen LogP contribution in [0, 0.1) is 11.8 Å². The molecular formula is C38H47N3O8S. The van der Waals surface area contributed by atoms with Crippen molar-refractivity contribution in [1.29, 1.82) is 0 Å². The minimum Gasteiger partial charge on any atom is -0.508 e. The number of benzene rings is 3. The van der Waals surface area contributed by atoms with Gasteiger partial charge in [0, 0.05) is 31.1 Å². The van der Waals surface area contributed by atoms with Crippen LogP contribution < -0.4 is 16.2 Å². The molecule has 0 radical (unpaired) electrons. The first-order valence-electron chi connectivity index (χ1n) is 17.3. The van der Waals surface area contributed by atoms with Gasteiger partial charge in [-0.3, -0.25) is 4.55 Å². The Balaban J connectivity index is 1.54. The van der Waals surface area contributed by atoms with Crippen LogP contribution in [0.1, 0.15) is 79.2 Å². The van der Waals surface area contributed by atoms with Gasteiger partial charge in [0.25, 0.3) is 10.1 Å². The molecule has 6 aliphatic rings. The van der Waals surface area contributed by atoms with Crippen LogP contribution in [0.15, 0.2) is 89.4 Å². The number of aryl methyl sites for hydroxylation is 1. The first-order chi connectivity index (χ1) is 24.0. The summed E-state index contributed by atoms with van der Waals surface area (Å²) in [5, 5.41) is 28.4. The molecule has 3 aromatic rings. The van der Waals surface area contributed by atoms with Crippen molar-refractivity contribution in [1.82, 2.24) is 0 Å². The summed E-state index contributed by atoms with van der Waals surface area (Å²) in [6.07, 6.45) is 4.95. The van der Waals surface area contributed by atoms with Crippen LogP contribution in [0.25, 0.3) is 0 Å². The summed E-state index contributed by atoms with van der Waals surface area (Å²) in [4.78, 5) is 4.58. The molecule has 0 spiro atoms. The molecule has 3 aromatic carbocycles. The number of phenols is 1. The highest BCUT2D eigenvalue weighted by Gasteiger charge is 2.47. The summed E-state index contributed by atoms with van der Waals surface area (Å²) in [5.41, 5.74) is 14.8. The number of aliphatic hydroxyl groups is 2. The monoisotopic (exact) mass is 705 g/mol. The quantitative estimate of drug-likeness (QED) is 0.0777. The van der Waals surface area contributed by atoms with Gasteiger partial charge in [-0.05, 0) is 103 Å². The third-order valence-electron chi connectivity index (χ3n) is 10.4. The summed E-state index contributed by atoms with van der Waals surface area (Å²) in [7, 11) is -4.53. The van der Waals surface area contributed by atoms with Gasteiger partial charge in [-0.15, -0.1) is 0 Å². The summed E-state index contributed by atoms with van der Waals surface area (Å²) in [6, 6.07) is 21.9. The molecule has 50 heavy (non-hydrogen) atoms. The van der Waals surface area contributed by atoms with E-state index in [1.54, 1.807) is 24.3 Å². The lowest BCUT2D eigenvalue weighted by Gasteiger charge is -2.40. The average Bonchev–Trinajstić information content (AvgIpc) is 3.22. The predicted molar refractivity (Wildman–Crippen MR) is 190 cm³/mol. The lowest BCUT2D eigenvalue weighted by atomic mass is 9.66. The zero-order valence-corrected chi connectivity index (χ0v) is 28.8. The van der Waals surface area contributed by atoms with Crippen LogP contribution >= 0.6 is 0 Å². The van der Waals surface area contributed by atoms with Gasteiger partial charge in [-0.25, -0.2) is 4.99 Å². The molecule has 0 amide bonds. The van der Waals surface area contributed by atoms with Crippen LogP contribution in [0.2, 0.25) is 0 Å². The van der Waals surface area contributed by atoms with Gasteiger partial charge >= 0.3 is 0 Å². The van der Waals surface area contributed by atoms with Crippen molar-refractivity contribution in [3.8, 4) is 11.5 Å². The standard InChI is InChI=1S/C38H47N3O8S/c39-37(40)41-38(18-2-20-43)29-11-7-25(8-12-29)35-27-21-28(36(26-9-13-30(44)14-10-26)48-32(22-27)3-1-19-42)23-33(35)34(50(45,46)47)17-6-24-4-15-31(49-38)16-5-24/h4-5,7-16,23,27,32-36,42-44H,1-3,6,17-22H2,(H4,39,40,41)(H,45,46,47)/t27-,32+,33?,34+,35+,36-,38-/m0/s1. The number of hydrogen-bond donors (Lipinski definition) is 6. The van der Waals surface area contributed by atoms with Crippen molar-refractivity contribution >= 4 is 16.1 Å². The summed E-state index contributed by atoms with van der Waals surface area (Å²) < 4.78 is 51.0. The largest absolute Gasteiger partial charge is 0.508 e. The molecule has 0 aromatic heterocycles. The Hall–Kier alpha value is -3.94. The number of ether oxygens (including phenoxy) is 2. The zero-order valence-electron chi connectivity index (χ0n) is 28.0. The van der Waals surface area contributed by atoms with E-state index in [4.69, 9.17) is 20.9 Å². The maximum atomic E-state index is 13.4. The van der Waals surface area contributed by atoms with E-state index in [1.807, 2.05) is 54.6 Å². The van der Waals surface area contributed by atoms with Crippen LogP contribution in [-0.4, -0.2) is 58.8 Å². The Labute approximate surface area is 293 Å². The molecular weight excluding hydrogens is 658 g/mol. The molecule has 11 nitrogen and oxygen atoms in total. The number of hydrogen-bond acceptors (Lipinski definition) is 8. The number of phenolic OH excluding ortho intramolecular Hbond substituents is 1. The van der Waals surface area contributed by atoms with Gasteiger partial charge in [-0.1, -0.05) is 54.6 Å². The number of nitrogens with two attached hydrogens (primary N) is 2. The second-order valence-electron chi connectivity index (χ2n) is 13.7. The van der Waals surface area contributed by atoms with Gasteiger partial charge in [0.1, 0.15) is 17.6 Å². The van der Waals surface area contributed by atoms with E-state index in [-0.39, 0.29) is 55.7 Å². The Morgan fingerprint density at radius 3 is 2.24 bits per heavy atom. The molecule has 8 N–H and O–H groups in total. The Bertz CT molecular complexity index is 1780. The average molecular weight is 706 g/mol. The first kappa shape index (κ1) is 35.9. The minimum atomic E-state index is -4.53. The Kier molecular flexibility index (Phi) is 10.8. The third kappa shape index (κ3) is 7.84. The van der Waals surface area contributed by atoms with Crippen molar-refractivity contribution in [3.05, 3.63) is 107 Å². The van der Waals surface area contributed by atoms with Crippen LogP contribution in [0.4, 0.5) is 0 Å². The normalized spacial score (nSPS) is 27.9. The van der Waals surface area contributed by atoms with Gasteiger partial charge < -0.3 is 36.3 Å². The molecule has 0 saturated carbocycles. The maximum Gasteiger partial charge on any atom is 0.268 e. The highest BCUT2D eigenvalue weighted by atomic mass is 32.2. The number of guanidine groups is 1. The smallest absolute Gasteiger partial charge is 0.268 e. The van der Waals surface area contributed by atoms with E-state index in [2.05, 4.69) is 4.99 Å². The number of fused-ring (bicyclic) bond motifs is 2. The number of rotatable bonds is 9. The summed E-state index contributed by atoms with van der Waals surface area (Å²) in [6.45, 7) is -0.0733. The highest BCUT2D eigenvalue weighted by molar-refractivity contribution is 7.86. The van der Waals surface area contributed by atoms with Gasteiger partial charge in [-0.2, -0.15) is 8.42 Å². The second-order valence-corrected chi connectivity index (χ2v) is 15.4. The van der Waals surface area contributed by atoms with E-state index >= 15 is 0 Å². The zero-order chi connectivity index (χ0) is 35.5. The van der Waals surface area contributed by atoms with Crippen molar-refractivity contribution in [2.45, 2.75) is 80.5 Å². The molecule has 7 atom stereocenters. The third-order valence-corrected chi connectivity index (χ3v) is 11.7. The van der Waals surface area contributed by atoms with E-state index in [1.165, 1.54) is 0 Å². The van der Waals surface area contributed by atoms with Crippen molar-refractivity contribution in [3.63, 3.8) is 0 Å². The number of aliphatic hydroxyl groups excluding tert-OH is 2. The number of aliphatic imine (C=N–C) groups is 1. The molecule has 268 valence electrons. The summed E-state index contributed by atoms with van der Waals surface area (Å²) in [5.74, 6) is -0.491. The predicted octanol–water partition coefficient (Wildman–Crippen LogP) is 4.82. The fourth-order valence-corrected chi connectivity index (χ4v) is 9.26. The fourth-order valence-electron chi connectivity index (χ4n) is 8.20. The van der Waals surface area contributed by atoms with E-state index in [0.717, 1.165) is 22.3 Å². The number of aromatic hydroxyl groups is 1. The minimum absolute atomic E-state index is 0.0201. The van der Waals surface area contributed by atoms with Crippen molar-refractivity contribution in [2.75, 3.05) is 13.2 Å². The van der Waals surface area contributed by atoms with E-state index in [9.17, 15) is 28.3 Å². The number of allylic oxidation sites excluding steroid dienone is 1. The molecule has 9 rings (SSSR count). The van der Waals surface area contributed by atoms with Crippen molar-refractivity contribution in [2.24, 2.45) is 28.3 Å². The maximum absolute atomic E-state index is 13.4. The number of nitrogens with zero attached hydrogens (tertiary/aromatic N) is 1. The Morgan fingerprint density at radius 2 is 1.60 bits per heavy atom. The van der Waals surface area contributed by atoms with E-state index < -0.39 is 33.1 Å². The topological polar surface area (TPSA) is 198 Å². The lowest BCUT2D eigenvalue weighted by molar-refractivity contribution is -0.00268. The van der Waals surface area contributed by atoms with Crippen LogP contribution in [0.3, 0.4) is 0 Å². The molecule has 12 heteroatoms. The van der Waals surface area contributed by atoms with Gasteiger partial charge in [0.15, 0.2) is 5.96 Å². The lowest BCUT2D eigenvalue weighted by Crippen LogP contribution is -2.39. The van der Waals surface area contributed by atoms with Gasteiger partial charge in [0.2, 0.25) is 5.72 Å². The second kappa shape index (κ2) is 15.1. The molecule has 1 saturated heterocycles. The summed E-state index contributed by atoms with van der Waals surface area (Å²) >= 11 is 0. The highest BCUT2D eigenvalue weighted by Crippen LogP contribution is 2.53. The van der Waals surface area contributed by atoms with Crippen LogP contribution in [0.5, 0.6) is 11.5 Å². The first-order valence-corrected chi connectivity index (χ1v) is 18.8. The molecule has 1 fully saturated rings.